The van der Waals surface area contributed by atoms with Gasteiger partial charge in [-0.1, -0.05) is 6.92 Å². The lowest BCUT2D eigenvalue weighted by Gasteiger charge is -2.37. The number of hydrogen-bond donors (Lipinski definition) is 2. The van der Waals surface area contributed by atoms with E-state index in [1.165, 1.54) is 0 Å². The maximum Gasteiger partial charge on any atom is 0.263 e. The molecule has 2 aliphatic carbocycles. The molecule has 2 amide bonds. The summed E-state index contributed by atoms with van der Waals surface area (Å²) in [5.41, 5.74) is -1.74. The topological polar surface area (TPSA) is 77.8 Å². The van der Waals surface area contributed by atoms with E-state index in [0.717, 1.165) is 17.7 Å². The number of aliphatic hydroxyl groups is 2. The molecule has 2 fully saturated rings. The highest BCUT2D eigenvalue weighted by Crippen LogP contribution is 2.51. The van der Waals surface area contributed by atoms with Crippen LogP contribution in [0.15, 0.2) is 0 Å². The van der Waals surface area contributed by atoms with Crippen LogP contribution in [0.25, 0.3) is 0 Å². The molecule has 0 saturated heterocycles. The summed E-state index contributed by atoms with van der Waals surface area (Å²) in [6.07, 6.45) is 2.36. The Morgan fingerprint density at radius 2 is 2.24 bits per heavy atom. The van der Waals surface area contributed by atoms with Gasteiger partial charge in [-0.3, -0.25) is 14.5 Å². The molecule has 2 aliphatic rings. The molecule has 0 aromatic carbocycles. The van der Waals surface area contributed by atoms with E-state index in [1.54, 1.807) is 0 Å². The summed E-state index contributed by atoms with van der Waals surface area (Å²) < 4.78 is 0. The summed E-state index contributed by atoms with van der Waals surface area (Å²) in [5.74, 6) is -0.826. The summed E-state index contributed by atoms with van der Waals surface area (Å²) in [7, 11) is 0. The lowest BCUT2D eigenvalue weighted by molar-refractivity contribution is -0.173. The SMILES string of the molecule is CCCN(C=O)C(=O)C1(O)C2CCC(C2)C1O. The Bertz CT molecular complexity index is 328. The Balaban J connectivity index is 2.20. The minimum atomic E-state index is -1.74. The lowest BCUT2D eigenvalue weighted by Crippen LogP contribution is -2.59. The first-order chi connectivity index (χ1) is 8.05. The van der Waals surface area contributed by atoms with Crippen LogP contribution in [0.5, 0.6) is 0 Å². The minimum Gasteiger partial charge on any atom is -0.389 e. The van der Waals surface area contributed by atoms with Gasteiger partial charge in [-0.25, -0.2) is 0 Å². The zero-order valence-electron chi connectivity index (χ0n) is 10.0. The molecule has 17 heavy (non-hydrogen) atoms. The van der Waals surface area contributed by atoms with E-state index in [0.29, 0.717) is 19.3 Å². The van der Waals surface area contributed by atoms with Crippen LogP contribution >= 0.6 is 0 Å². The van der Waals surface area contributed by atoms with Crippen molar-refractivity contribution in [1.82, 2.24) is 4.90 Å². The van der Waals surface area contributed by atoms with Gasteiger partial charge in [-0.15, -0.1) is 0 Å². The molecule has 5 heteroatoms. The Morgan fingerprint density at radius 1 is 1.53 bits per heavy atom. The summed E-state index contributed by atoms with van der Waals surface area (Å²) in [6.45, 7) is 2.14. The van der Waals surface area contributed by atoms with Gasteiger partial charge < -0.3 is 10.2 Å². The lowest BCUT2D eigenvalue weighted by atomic mass is 9.81. The maximum absolute atomic E-state index is 12.2. The predicted octanol–water partition coefficient (Wildman–Crippen LogP) is -0.0967. The van der Waals surface area contributed by atoms with Crippen molar-refractivity contribution in [1.29, 1.82) is 0 Å². The second kappa shape index (κ2) is 4.38. The highest BCUT2D eigenvalue weighted by Gasteiger charge is 2.62. The molecular formula is C12H19NO4. The third-order valence-electron chi connectivity index (χ3n) is 4.19. The standard InChI is InChI=1S/C12H19NO4/c1-2-5-13(7-14)11(16)12(17)9-4-3-8(6-9)10(12)15/h7-10,15,17H,2-6H2,1H3. The number of amides is 2. The Morgan fingerprint density at radius 3 is 2.71 bits per heavy atom. The van der Waals surface area contributed by atoms with Crippen LogP contribution in [0.1, 0.15) is 32.6 Å². The molecule has 5 nitrogen and oxygen atoms in total. The van der Waals surface area contributed by atoms with Crippen molar-refractivity contribution in [2.24, 2.45) is 11.8 Å². The molecule has 2 rings (SSSR count). The fourth-order valence-corrected chi connectivity index (χ4v) is 3.28. The van der Waals surface area contributed by atoms with Crippen molar-refractivity contribution in [3.63, 3.8) is 0 Å². The van der Waals surface area contributed by atoms with Crippen molar-refractivity contribution in [3.8, 4) is 0 Å². The highest BCUT2D eigenvalue weighted by molar-refractivity contribution is 5.93. The summed E-state index contributed by atoms with van der Waals surface area (Å²) in [4.78, 5) is 24.0. The Labute approximate surface area is 100 Å². The molecule has 0 heterocycles. The zero-order valence-corrected chi connectivity index (χ0v) is 10.0. The number of carbonyl (C=O) groups excluding carboxylic acids is 2. The van der Waals surface area contributed by atoms with Crippen molar-refractivity contribution < 1.29 is 19.8 Å². The Kier molecular flexibility index (Phi) is 3.23. The molecule has 0 radical (unpaired) electrons. The van der Waals surface area contributed by atoms with E-state index >= 15 is 0 Å². The van der Waals surface area contributed by atoms with Crippen LogP contribution in [0.4, 0.5) is 0 Å². The number of hydrogen-bond acceptors (Lipinski definition) is 4. The van der Waals surface area contributed by atoms with Gasteiger partial charge >= 0.3 is 0 Å². The average molecular weight is 241 g/mol. The van der Waals surface area contributed by atoms with Crippen LogP contribution in [0, 0.1) is 11.8 Å². The first-order valence-corrected chi connectivity index (χ1v) is 6.22. The van der Waals surface area contributed by atoms with Crippen LogP contribution < -0.4 is 0 Å². The Hall–Kier alpha value is -0.940. The number of aliphatic hydroxyl groups excluding tert-OH is 1. The maximum atomic E-state index is 12.2. The fraction of sp³-hybridized carbons (Fsp3) is 0.833. The quantitative estimate of drug-likeness (QED) is 0.674. The van der Waals surface area contributed by atoms with E-state index in [2.05, 4.69) is 0 Å². The van der Waals surface area contributed by atoms with E-state index in [-0.39, 0.29) is 18.4 Å². The number of imide groups is 1. The molecule has 0 aromatic rings. The molecule has 96 valence electrons. The van der Waals surface area contributed by atoms with Crippen LogP contribution in [0.2, 0.25) is 0 Å². The van der Waals surface area contributed by atoms with Gasteiger partial charge in [0.05, 0.1) is 6.10 Å². The van der Waals surface area contributed by atoms with Crippen LogP contribution in [-0.4, -0.2) is 45.7 Å². The molecule has 2 N–H and O–H groups in total. The third kappa shape index (κ3) is 1.68. The first kappa shape index (κ1) is 12.5. The molecule has 2 bridgehead atoms. The van der Waals surface area contributed by atoms with Gasteiger partial charge in [0.25, 0.3) is 5.91 Å². The van der Waals surface area contributed by atoms with Gasteiger partial charge in [0.2, 0.25) is 6.41 Å². The second-order valence-corrected chi connectivity index (χ2v) is 5.14. The van der Waals surface area contributed by atoms with Crippen molar-refractivity contribution in [3.05, 3.63) is 0 Å². The highest BCUT2D eigenvalue weighted by atomic mass is 16.4. The van der Waals surface area contributed by atoms with Crippen LogP contribution in [0.3, 0.4) is 0 Å². The molecule has 4 atom stereocenters. The van der Waals surface area contributed by atoms with Crippen molar-refractivity contribution in [2.75, 3.05) is 6.54 Å². The number of nitrogens with zero attached hydrogens (tertiary/aromatic N) is 1. The predicted molar refractivity (Wildman–Crippen MR) is 59.9 cm³/mol. The van der Waals surface area contributed by atoms with Gasteiger partial charge in [-0.05, 0) is 37.5 Å². The molecular weight excluding hydrogens is 222 g/mol. The summed E-state index contributed by atoms with van der Waals surface area (Å²) in [6, 6.07) is 0. The van der Waals surface area contributed by atoms with Crippen molar-refractivity contribution in [2.45, 2.75) is 44.3 Å². The van der Waals surface area contributed by atoms with Crippen LogP contribution in [-0.2, 0) is 9.59 Å². The number of carbonyl (C=O) groups is 2. The molecule has 4 unspecified atom stereocenters. The van der Waals surface area contributed by atoms with Crippen molar-refractivity contribution >= 4 is 12.3 Å². The fourth-order valence-electron chi connectivity index (χ4n) is 3.28. The largest absolute Gasteiger partial charge is 0.389 e. The van der Waals surface area contributed by atoms with E-state index < -0.39 is 17.6 Å². The molecule has 0 spiro atoms. The number of fused-ring (bicyclic) bond motifs is 2. The zero-order chi connectivity index (χ0) is 12.6. The normalized spacial score (nSPS) is 39.4. The average Bonchev–Trinajstić information content (AvgIpc) is 2.89. The minimum absolute atomic E-state index is 0.00378. The van der Waals surface area contributed by atoms with Gasteiger partial charge in [0, 0.05) is 6.54 Å². The number of rotatable bonds is 4. The van der Waals surface area contributed by atoms with Gasteiger partial charge in [0.15, 0.2) is 5.60 Å². The van der Waals surface area contributed by atoms with Gasteiger partial charge in [-0.2, -0.15) is 0 Å². The summed E-state index contributed by atoms with van der Waals surface area (Å²) in [5, 5.41) is 20.5. The second-order valence-electron chi connectivity index (χ2n) is 5.14. The van der Waals surface area contributed by atoms with E-state index in [9.17, 15) is 19.8 Å². The molecule has 0 aromatic heterocycles. The monoisotopic (exact) mass is 241 g/mol. The smallest absolute Gasteiger partial charge is 0.263 e. The summed E-state index contributed by atoms with van der Waals surface area (Å²) >= 11 is 0. The van der Waals surface area contributed by atoms with Gasteiger partial charge in [0.1, 0.15) is 0 Å². The first-order valence-electron chi connectivity index (χ1n) is 6.22. The molecule has 2 saturated carbocycles. The molecule has 0 aliphatic heterocycles. The van der Waals surface area contributed by atoms with E-state index in [1.807, 2.05) is 6.92 Å². The van der Waals surface area contributed by atoms with E-state index in [4.69, 9.17) is 0 Å². The third-order valence-corrected chi connectivity index (χ3v) is 4.19.